The summed E-state index contributed by atoms with van der Waals surface area (Å²) >= 11 is 0. The lowest BCUT2D eigenvalue weighted by atomic mass is 10.1. The molecule has 2 aromatic heterocycles. The highest BCUT2D eigenvalue weighted by molar-refractivity contribution is 5.24. The van der Waals surface area contributed by atoms with E-state index in [0.717, 1.165) is 36.9 Å². The Morgan fingerprint density at radius 3 is 2.90 bits per heavy atom. The van der Waals surface area contributed by atoms with Crippen LogP contribution in [0.15, 0.2) is 24.5 Å². The van der Waals surface area contributed by atoms with Crippen molar-refractivity contribution < 1.29 is 4.74 Å². The lowest BCUT2D eigenvalue weighted by Crippen LogP contribution is -2.07. The summed E-state index contributed by atoms with van der Waals surface area (Å²) in [5.74, 6) is 0.643. The van der Waals surface area contributed by atoms with Gasteiger partial charge in [-0.2, -0.15) is 0 Å². The first-order chi connectivity index (χ1) is 9.79. The molecule has 0 bridgehead atoms. The van der Waals surface area contributed by atoms with Gasteiger partial charge in [0.15, 0.2) is 0 Å². The van der Waals surface area contributed by atoms with Gasteiger partial charge in [0.25, 0.3) is 5.88 Å². The first-order valence-electron chi connectivity index (χ1n) is 6.80. The second kappa shape index (κ2) is 7.37. The van der Waals surface area contributed by atoms with Gasteiger partial charge in [-0.1, -0.05) is 25.8 Å². The Bertz CT molecular complexity index is 532. The monoisotopic (exact) mass is 273 g/mol. The number of hydrogen-bond acceptors (Lipinski definition) is 6. The van der Waals surface area contributed by atoms with Crippen LogP contribution in [-0.4, -0.2) is 20.2 Å². The van der Waals surface area contributed by atoms with Crippen molar-refractivity contribution >= 4 is 5.95 Å². The van der Waals surface area contributed by atoms with E-state index in [1.807, 2.05) is 12.1 Å². The molecule has 2 aromatic rings. The van der Waals surface area contributed by atoms with Gasteiger partial charge in [-0.25, -0.2) is 4.98 Å². The molecule has 6 nitrogen and oxygen atoms in total. The van der Waals surface area contributed by atoms with Gasteiger partial charge in [-0.15, -0.1) is 10.2 Å². The summed E-state index contributed by atoms with van der Waals surface area (Å²) in [4.78, 5) is 8.26. The minimum Gasteiger partial charge on any atom is -0.470 e. The zero-order chi connectivity index (χ0) is 14.2. The second-order valence-electron chi connectivity index (χ2n) is 4.53. The quantitative estimate of drug-likeness (QED) is 0.778. The van der Waals surface area contributed by atoms with Crippen LogP contribution in [-0.2, 0) is 13.0 Å². The van der Waals surface area contributed by atoms with Crippen LogP contribution in [0, 0.1) is 0 Å². The molecule has 2 heterocycles. The van der Waals surface area contributed by atoms with E-state index < -0.39 is 0 Å². The maximum atomic E-state index is 5.68. The minimum absolute atomic E-state index is 0.185. The van der Waals surface area contributed by atoms with Crippen molar-refractivity contribution in [3.63, 3.8) is 0 Å². The molecule has 0 aliphatic heterocycles. The van der Waals surface area contributed by atoms with Crippen LogP contribution in [0.5, 0.6) is 5.88 Å². The molecule has 0 aromatic carbocycles. The van der Waals surface area contributed by atoms with Crippen LogP contribution in [0.25, 0.3) is 0 Å². The number of nitrogen functional groups attached to an aromatic ring is 1. The van der Waals surface area contributed by atoms with Crippen LogP contribution < -0.4 is 10.5 Å². The van der Waals surface area contributed by atoms with E-state index in [-0.39, 0.29) is 5.95 Å². The number of nitrogens with zero attached hydrogens (tertiary/aromatic N) is 4. The Kier molecular flexibility index (Phi) is 5.23. The van der Waals surface area contributed by atoms with Crippen LogP contribution in [0.4, 0.5) is 5.95 Å². The Morgan fingerprint density at radius 2 is 2.15 bits per heavy atom. The first kappa shape index (κ1) is 14.2. The van der Waals surface area contributed by atoms with Gasteiger partial charge in [0, 0.05) is 18.0 Å². The van der Waals surface area contributed by atoms with Crippen molar-refractivity contribution in [1.29, 1.82) is 0 Å². The summed E-state index contributed by atoms with van der Waals surface area (Å²) in [6.45, 7) is 2.56. The van der Waals surface area contributed by atoms with Crippen molar-refractivity contribution in [2.24, 2.45) is 0 Å². The highest BCUT2D eigenvalue weighted by atomic mass is 16.5. The van der Waals surface area contributed by atoms with Crippen molar-refractivity contribution in [3.05, 3.63) is 35.8 Å². The van der Waals surface area contributed by atoms with E-state index in [9.17, 15) is 0 Å². The molecule has 0 fully saturated rings. The smallest absolute Gasteiger partial charge is 0.255 e. The highest BCUT2D eigenvalue weighted by Gasteiger charge is 2.09. The van der Waals surface area contributed by atoms with E-state index in [1.165, 1.54) is 0 Å². The zero-order valence-corrected chi connectivity index (χ0v) is 11.6. The fourth-order valence-corrected chi connectivity index (χ4v) is 1.82. The van der Waals surface area contributed by atoms with E-state index in [2.05, 4.69) is 27.1 Å². The van der Waals surface area contributed by atoms with Crippen molar-refractivity contribution in [3.8, 4) is 5.88 Å². The van der Waals surface area contributed by atoms with Gasteiger partial charge in [0.05, 0.1) is 0 Å². The number of hydrogen-bond donors (Lipinski definition) is 1. The summed E-state index contributed by atoms with van der Waals surface area (Å²) < 4.78 is 5.68. The average Bonchev–Trinajstić information content (AvgIpc) is 2.48. The molecule has 0 atom stereocenters. The summed E-state index contributed by atoms with van der Waals surface area (Å²) in [7, 11) is 0. The predicted octanol–water partition coefficient (Wildman–Crippen LogP) is 2.16. The number of pyridine rings is 1. The van der Waals surface area contributed by atoms with Crippen LogP contribution in [0.3, 0.4) is 0 Å². The van der Waals surface area contributed by atoms with E-state index in [1.54, 1.807) is 12.4 Å². The largest absolute Gasteiger partial charge is 0.470 e. The molecule has 0 unspecified atom stereocenters. The van der Waals surface area contributed by atoms with Gasteiger partial charge in [0.1, 0.15) is 12.3 Å². The van der Waals surface area contributed by atoms with E-state index >= 15 is 0 Å². The standard InChI is InChI=1S/C14H19N5O/c1-2-3-4-7-12-13(18-19-14(15)17-12)20-10-11-6-5-8-16-9-11/h5-6,8-9H,2-4,7,10H2,1H3,(H2,15,17,19). The second-order valence-corrected chi connectivity index (χ2v) is 4.53. The molecule has 0 saturated heterocycles. The number of aromatic nitrogens is 4. The molecular weight excluding hydrogens is 254 g/mol. The van der Waals surface area contributed by atoms with Crippen LogP contribution in [0.2, 0.25) is 0 Å². The average molecular weight is 273 g/mol. The van der Waals surface area contributed by atoms with E-state index in [0.29, 0.717) is 12.5 Å². The third-order valence-corrected chi connectivity index (χ3v) is 2.86. The van der Waals surface area contributed by atoms with Gasteiger partial charge >= 0.3 is 0 Å². The van der Waals surface area contributed by atoms with Crippen LogP contribution >= 0.6 is 0 Å². The summed E-state index contributed by atoms with van der Waals surface area (Å²) in [5, 5.41) is 7.75. The lowest BCUT2D eigenvalue weighted by Gasteiger charge is -2.09. The molecule has 2 rings (SSSR count). The maximum absolute atomic E-state index is 5.68. The predicted molar refractivity (Wildman–Crippen MR) is 76.0 cm³/mol. The Hall–Kier alpha value is -2.24. The molecule has 0 aliphatic rings. The Balaban J connectivity index is 2.02. The minimum atomic E-state index is 0.185. The first-order valence-corrected chi connectivity index (χ1v) is 6.80. The Labute approximate surface area is 118 Å². The molecular formula is C14H19N5O. The number of ether oxygens (including phenoxy) is 1. The SMILES string of the molecule is CCCCCc1nc(N)nnc1OCc1cccnc1. The van der Waals surface area contributed by atoms with Crippen molar-refractivity contribution in [2.45, 2.75) is 39.2 Å². The van der Waals surface area contributed by atoms with Crippen molar-refractivity contribution in [1.82, 2.24) is 20.2 Å². The molecule has 0 radical (unpaired) electrons. The third kappa shape index (κ3) is 4.15. The van der Waals surface area contributed by atoms with Crippen molar-refractivity contribution in [2.75, 3.05) is 5.73 Å². The van der Waals surface area contributed by atoms with Gasteiger partial charge in [0.2, 0.25) is 5.95 Å². The lowest BCUT2D eigenvalue weighted by molar-refractivity contribution is 0.284. The fraction of sp³-hybridized carbons (Fsp3) is 0.429. The van der Waals surface area contributed by atoms with E-state index in [4.69, 9.17) is 10.5 Å². The summed E-state index contributed by atoms with van der Waals surface area (Å²) in [5.41, 5.74) is 7.34. The highest BCUT2D eigenvalue weighted by Crippen LogP contribution is 2.17. The number of anilines is 1. The number of rotatable bonds is 7. The zero-order valence-electron chi connectivity index (χ0n) is 11.6. The molecule has 0 amide bonds. The summed E-state index contributed by atoms with van der Waals surface area (Å²) in [6.07, 6.45) is 7.62. The molecule has 0 saturated carbocycles. The topological polar surface area (TPSA) is 86.8 Å². The fourth-order valence-electron chi connectivity index (χ4n) is 1.82. The number of unbranched alkanes of at least 4 members (excludes halogenated alkanes) is 2. The van der Waals surface area contributed by atoms with Gasteiger partial charge in [-0.05, 0) is 18.9 Å². The number of nitrogens with two attached hydrogens (primary N) is 1. The van der Waals surface area contributed by atoms with Gasteiger partial charge < -0.3 is 10.5 Å². The van der Waals surface area contributed by atoms with Crippen LogP contribution in [0.1, 0.15) is 37.4 Å². The molecule has 6 heteroatoms. The molecule has 0 aliphatic carbocycles. The molecule has 0 spiro atoms. The molecule has 2 N–H and O–H groups in total. The Morgan fingerprint density at radius 1 is 1.25 bits per heavy atom. The molecule has 20 heavy (non-hydrogen) atoms. The third-order valence-electron chi connectivity index (χ3n) is 2.86. The summed E-state index contributed by atoms with van der Waals surface area (Å²) in [6, 6.07) is 3.82. The normalized spacial score (nSPS) is 10.4. The maximum Gasteiger partial charge on any atom is 0.255 e. The number of aryl methyl sites for hydroxylation is 1. The molecule has 106 valence electrons. The van der Waals surface area contributed by atoms with Gasteiger partial charge in [-0.3, -0.25) is 4.98 Å².